The molecular weight excluding hydrogens is 274 g/mol. The van der Waals surface area contributed by atoms with Crippen LogP contribution in [0.3, 0.4) is 0 Å². The molecule has 0 aliphatic rings. The Kier molecular flexibility index (Phi) is 4.22. The summed E-state index contributed by atoms with van der Waals surface area (Å²) in [5.74, 6) is -0.579. The van der Waals surface area contributed by atoms with Crippen molar-refractivity contribution in [2.75, 3.05) is 5.32 Å². The van der Waals surface area contributed by atoms with Gasteiger partial charge in [-0.2, -0.15) is 0 Å². The van der Waals surface area contributed by atoms with Gasteiger partial charge in [0, 0.05) is 6.07 Å². The summed E-state index contributed by atoms with van der Waals surface area (Å²) in [6.45, 7) is 3.72. The smallest absolute Gasteiger partial charge is 0.337 e. The minimum absolute atomic E-state index is 0.0423. The van der Waals surface area contributed by atoms with Gasteiger partial charge in [-0.05, 0) is 26.0 Å². The van der Waals surface area contributed by atoms with Gasteiger partial charge >= 0.3 is 12.0 Å². The van der Waals surface area contributed by atoms with E-state index in [1.54, 1.807) is 32.0 Å². The summed E-state index contributed by atoms with van der Waals surface area (Å²) in [6, 6.07) is 5.96. The number of anilines is 1. The number of carbonyl (C=O) groups is 2. The normalized spacial score (nSPS) is 10.2. The molecule has 0 spiro atoms. The van der Waals surface area contributed by atoms with Crippen molar-refractivity contribution in [3.8, 4) is 0 Å². The van der Waals surface area contributed by atoms with E-state index >= 15 is 0 Å². The van der Waals surface area contributed by atoms with Crippen LogP contribution in [0.25, 0.3) is 0 Å². The number of hydrogen-bond donors (Lipinski definition) is 3. The molecule has 0 saturated heterocycles. The van der Waals surface area contributed by atoms with Gasteiger partial charge in [0.15, 0.2) is 5.76 Å². The number of aryl methyl sites for hydroxylation is 2. The number of rotatable bonds is 4. The largest absolute Gasteiger partial charge is 0.478 e. The number of amides is 2. The highest BCUT2D eigenvalue weighted by Gasteiger charge is 2.13. The molecule has 0 radical (unpaired) electrons. The van der Waals surface area contributed by atoms with E-state index in [4.69, 9.17) is 9.63 Å². The van der Waals surface area contributed by atoms with Crippen molar-refractivity contribution in [1.29, 1.82) is 0 Å². The quantitative estimate of drug-likeness (QED) is 0.801. The maximum Gasteiger partial charge on any atom is 0.337 e. The van der Waals surface area contributed by atoms with Crippen LogP contribution in [-0.2, 0) is 6.54 Å². The lowest BCUT2D eigenvalue weighted by atomic mass is 10.1. The average Bonchev–Trinajstić information content (AvgIpc) is 2.84. The highest BCUT2D eigenvalue weighted by Crippen LogP contribution is 2.17. The second-order valence-corrected chi connectivity index (χ2v) is 4.60. The fourth-order valence-corrected chi connectivity index (χ4v) is 1.78. The summed E-state index contributed by atoms with van der Waals surface area (Å²) in [5, 5.41) is 17.9. The van der Waals surface area contributed by atoms with E-state index in [-0.39, 0.29) is 17.8 Å². The van der Waals surface area contributed by atoms with Gasteiger partial charge < -0.3 is 20.3 Å². The Hall–Kier alpha value is -2.83. The van der Waals surface area contributed by atoms with E-state index in [1.165, 1.54) is 6.07 Å². The number of aromatic nitrogens is 1. The Morgan fingerprint density at radius 3 is 2.67 bits per heavy atom. The lowest BCUT2D eigenvalue weighted by molar-refractivity contribution is 0.0698. The van der Waals surface area contributed by atoms with Crippen molar-refractivity contribution >= 4 is 17.7 Å². The van der Waals surface area contributed by atoms with E-state index in [0.29, 0.717) is 5.76 Å². The molecule has 1 heterocycles. The van der Waals surface area contributed by atoms with Crippen LogP contribution in [0.1, 0.15) is 27.4 Å². The van der Waals surface area contributed by atoms with Crippen LogP contribution in [-0.4, -0.2) is 22.3 Å². The standard InChI is InChI=1S/C14H15N3O4/c1-8-3-4-12(11(5-8)13(18)19)16-14(20)15-7-10-6-9(2)17-21-10/h3-6H,7H2,1-2H3,(H,18,19)(H2,15,16,20). The molecule has 1 aromatic carbocycles. The number of hydrogen-bond acceptors (Lipinski definition) is 4. The highest BCUT2D eigenvalue weighted by atomic mass is 16.5. The van der Waals surface area contributed by atoms with Crippen LogP contribution in [0.2, 0.25) is 0 Å². The molecule has 110 valence electrons. The molecule has 0 bridgehead atoms. The molecule has 2 aromatic rings. The second kappa shape index (κ2) is 6.08. The molecule has 0 aliphatic heterocycles. The van der Waals surface area contributed by atoms with Gasteiger partial charge in [0.1, 0.15) is 0 Å². The predicted molar refractivity (Wildman–Crippen MR) is 75.2 cm³/mol. The van der Waals surface area contributed by atoms with Gasteiger partial charge in [0.05, 0.1) is 23.5 Å². The Bertz CT molecular complexity index is 679. The van der Waals surface area contributed by atoms with Crippen LogP contribution in [0.15, 0.2) is 28.8 Å². The van der Waals surface area contributed by atoms with Gasteiger partial charge in [-0.25, -0.2) is 9.59 Å². The fraction of sp³-hybridized carbons (Fsp3) is 0.214. The number of urea groups is 1. The minimum Gasteiger partial charge on any atom is -0.478 e. The van der Waals surface area contributed by atoms with Crippen molar-refractivity contribution < 1.29 is 19.2 Å². The van der Waals surface area contributed by atoms with Gasteiger partial charge in [-0.15, -0.1) is 0 Å². The Morgan fingerprint density at radius 2 is 2.05 bits per heavy atom. The molecule has 2 rings (SSSR count). The first-order valence-electron chi connectivity index (χ1n) is 6.26. The molecular formula is C14H15N3O4. The summed E-state index contributed by atoms with van der Waals surface area (Å²) >= 11 is 0. The molecule has 7 nitrogen and oxygen atoms in total. The van der Waals surface area contributed by atoms with Crippen molar-refractivity contribution in [2.24, 2.45) is 0 Å². The van der Waals surface area contributed by atoms with Gasteiger partial charge in [-0.1, -0.05) is 16.8 Å². The van der Waals surface area contributed by atoms with Crippen LogP contribution in [0.4, 0.5) is 10.5 Å². The van der Waals surface area contributed by atoms with E-state index in [9.17, 15) is 9.59 Å². The Labute approximate surface area is 120 Å². The van der Waals surface area contributed by atoms with Crippen molar-refractivity contribution in [3.63, 3.8) is 0 Å². The molecule has 7 heteroatoms. The maximum absolute atomic E-state index is 11.8. The molecule has 0 saturated carbocycles. The highest BCUT2D eigenvalue weighted by molar-refractivity contribution is 6.00. The van der Waals surface area contributed by atoms with Gasteiger partial charge in [0.25, 0.3) is 0 Å². The zero-order chi connectivity index (χ0) is 15.4. The maximum atomic E-state index is 11.8. The van der Waals surface area contributed by atoms with Crippen LogP contribution >= 0.6 is 0 Å². The third-order valence-corrected chi connectivity index (χ3v) is 2.75. The third kappa shape index (κ3) is 3.82. The molecule has 2 amide bonds. The number of carbonyl (C=O) groups excluding carboxylic acids is 1. The minimum atomic E-state index is -1.10. The van der Waals surface area contributed by atoms with Gasteiger partial charge in [-0.3, -0.25) is 0 Å². The summed E-state index contributed by atoms with van der Waals surface area (Å²) in [6.07, 6.45) is 0. The summed E-state index contributed by atoms with van der Waals surface area (Å²) < 4.78 is 4.96. The number of carboxylic acid groups (broad SMARTS) is 1. The summed E-state index contributed by atoms with van der Waals surface area (Å²) in [7, 11) is 0. The monoisotopic (exact) mass is 289 g/mol. The molecule has 0 fully saturated rings. The van der Waals surface area contributed by atoms with E-state index in [1.807, 2.05) is 0 Å². The SMILES string of the molecule is Cc1ccc(NC(=O)NCc2cc(C)no2)c(C(=O)O)c1. The zero-order valence-corrected chi connectivity index (χ0v) is 11.6. The topological polar surface area (TPSA) is 104 Å². The molecule has 0 unspecified atom stereocenters. The summed E-state index contributed by atoms with van der Waals surface area (Å²) in [4.78, 5) is 22.9. The zero-order valence-electron chi connectivity index (χ0n) is 11.6. The van der Waals surface area contributed by atoms with E-state index in [2.05, 4.69) is 15.8 Å². The first-order chi connectivity index (χ1) is 9.95. The average molecular weight is 289 g/mol. The van der Waals surface area contributed by atoms with Crippen molar-refractivity contribution in [2.45, 2.75) is 20.4 Å². The number of benzene rings is 1. The summed E-state index contributed by atoms with van der Waals surface area (Å²) in [5.41, 5.74) is 1.80. The fourth-order valence-electron chi connectivity index (χ4n) is 1.78. The van der Waals surface area contributed by atoms with Crippen molar-refractivity contribution in [1.82, 2.24) is 10.5 Å². The molecule has 3 N–H and O–H groups in total. The molecule has 0 aliphatic carbocycles. The van der Waals surface area contributed by atoms with Crippen molar-refractivity contribution in [3.05, 3.63) is 46.8 Å². The lowest BCUT2D eigenvalue weighted by Crippen LogP contribution is -2.28. The third-order valence-electron chi connectivity index (χ3n) is 2.75. The van der Waals surface area contributed by atoms with Gasteiger partial charge in [0.2, 0.25) is 0 Å². The van der Waals surface area contributed by atoms with E-state index in [0.717, 1.165) is 11.3 Å². The first kappa shape index (κ1) is 14.6. The first-order valence-corrected chi connectivity index (χ1v) is 6.26. The molecule has 0 atom stereocenters. The molecule has 1 aromatic heterocycles. The van der Waals surface area contributed by atoms with Crippen LogP contribution in [0, 0.1) is 13.8 Å². The number of aromatic carboxylic acids is 1. The number of carboxylic acids is 1. The Balaban J connectivity index is 2.01. The van der Waals surface area contributed by atoms with Crippen LogP contribution in [0.5, 0.6) is 0 Å². The van der Waals surface area contributed by atoms with E-state index < -0.39 is 12.0 Å². The second-order valence-electron chi connectivity index (χ2n) is 4.60. The molecule has 21 heavy (non-hydrogen) atoms. The Morgan fingerprint density at radius 1 is 1.29 bits per heavy atom. The number of nitrogens with one attached hydrogen (secondary N) is 2. The number of nitrogens with zero attached hydrogens (tertiary/aromatic N) is 1. The predicted octanol–water partition coefficient (Wildman–Crippen LogP) is 2.31. The lowest BCUT2D eigenvalue weighted by Gasteiger charge is -2.09. The van der Waals surface area contributed by atoms with Crippen LogP contribution < -0.4 is 10.6 Å².